The lowest BCUT2D eigenvalue weighted by Crippen LogP contribution is -2.40. The van der Waals surface area contributed by atoms with Crippen molar-refractivity contribution in [3.63, 3.8) is 0 Å². The van der Waals surface area contributed by atoms with E-state index in [9.17, 15) is 14.7 Å². The molecule has 0 saturated carbocycles. The van der Waals surface area contributed by atoms with Gasteiger partial charge < -0.3 is 28.9 Å². The molecule has 1 fully saturated rings. The molecule has 9 nitrogen and oxygen atoms in total. The highest BCUT2D eigenvalue weighted by atomic mass is 16.5. The zero-order chi connectivity index (χ0) is 27.5. The van der Waals surface area contributed by atoms with Crippen molar-refractivity contribution in [1.29, 1.82) is 0 Å². The van der Waals surface area contributed by atoms with Gasteiger partial charge in [-0.3, -0.25) is 9.59 Å². The Morgan fingerprint density at radius 1 is 1.08 bits per heavy atom. The normalized spacial score (nSPS) is 14.1. The molecule has 9 heteroatoms. The van der Waals surface area contributed by atoms with Crippen molar-refractivity contribution in [2.45, 2.75) is 44.9 Å². The summed E-state index contributed by atoms with van der Waals surface area (Å²) in [6.07, 6.45) is 3.47. The van der Waals surface area contributed by atoms with E-state index in [1.807, 2.05) is 31.2 Å². The molecule has 204 valence electrons. The quantitative estimate of drug-likeness (QED) is 0.318. The third kappa shape index (κ3) is 4.96. The summed E-state index contributed by atoms with van der Waals surface area (Å²) in [5, 5.41) is 11.6. The number of amides is 1. The number of aromatic amines is 1. The highest BCUT2D eigenvalue weighted by molar-refractivity contribution is 6.00. The first-order chi connectivity index (χ1) is 19.0. The Hall–Kier alpha value is -4.27. The van der Waals surface area contributed by atoms with E-state index in [4.69, 9.17) is 13.9 Å². The predicted molar refractivity (Wildman–Crippen MR) is 148 cm³/mol. The standard InChI is InChI=1S/C30H33N3O6/c1-4-5-9-20-24(25-22(37-2)12-8-13-23(25)38-3)27(34)26(28(35)31-20)30(36)33-16-14-18(15-17-33)29-32-19-10-6-7-11-21(19)39-29/h6-8,10-13,18H,4-5,9,14-17H2,1-3H3,(H2,31,34,35). The number of rotatable bonds is 8. The minimum absolute atomic E-state index is 0.0677. The Morgan fingerprint density at radius 2 is 1.77 bits per heavy atom. The Morgan fingerprint density at radius 3 is 2.41 bits per heavy atom. The van der Waals surface area contributed by atoms with Crippen LogP contribution in [0.15, 0.2) is 51.7 Å². The average molecular weight is 532 g/mol. The van der Waals surface area contributed by atoms with E-state index in [1.54, 1.807) is 23.1 Å². The number of nitrogens with zero attached hydrogens (tertiary/aromatic N) is 2. The second-order valence-corrected chi connectivity index (χ2v) is 9.76. The van der Waals surface area contributed by atoms with Crippen molar-refractivity contribution < 1.29 is 23.8 Å². The predicted octanol–water partition coefficient (Wildman–Crippen LogP) is 5.27. The lowest BCUT2D eigenvalue weighted by molar-refractivity contribution is 0.0701. The largest absolute Gasteiger partial charge is 0.506 e. The lowest BCUT2D eigenvalue weighted by atomic mass is 9.94. The topological polar surface area (TPSA) is 118 Å². The number of methoxy groups -OCH3 is 2. The summed E-state index contributed by atoms with van der Waals surface area (Å²) in [6, 6.07) is 12.9. The van der Waals surface area contributed by atoms with Gasteiger partial charge in [-0.15, -0.1) is 0 Å². The van der Waals surface area contributed by atoms with Crippen LogP contribution in [0.3, 0.4) is 0 Å². The van der Waals surface area contributed by atoms with Gasteiger partial charge in [0.15, 0.2) is 11.5 Å². The number of hydrogen-bond acceptors (Lipinski definition) is 7. The SMILES string of the molecule is CCCCc1[nH]c(=O)c(C(=O)N2CCC(c3nc4ccccc4o3)CC2)c(O)c1-c1c(OC)cccc1OC. The van der Waals surface area contributed by atoms with E-state index in [0.29, 0.717) is 66.6 Å². The molecule has 3 heterocycles. The number of piperidine rings is 1. The molecule has 2 aromatic heterocycles. The van der Waals surface area contributed by atoms with Gasteiger partial charge >= 0.3 is 0 Å². The van der Waals surface area contributed by atoms with Gasteiger partial charge in [0.2, 0.25) is 0 Å². The number of carbonyl (C=O) groups excluding carboxylic acids is 1. The molecule has 0 bridgehead atoms. The number of unbranched alkanes of at least 4 members (excludes halogenated alkanes) is 1. The molecule has 0 aliphatic carbocycles. The maximum Gasteiger partial charge on any atom is 0.264 e. The molecule has 1 saturated heterocycles. The van der Waals surface area contributed by atoms with Crippen LogP contribution in [0.5, 0.6) is 17.2 Å². The first kappa shape index (κ1) is 26.3. The number of likely N-dealkylation sites (tertiary alicyclic amines) is 1. The average Bonchev–Trinajstić information content (AvgIpc) is 3.40. The number of oxazole rings is 1. The van der Waals surface area contributed by atoms with Crippen LogP contribution in [-0.2, 0) is 6.42 Å². The van der Waals surface area contributed by atoms with Crippen molar-refractivity contribution >= 4 is 17.0 Å². The zero-order valence-corrected chi connectivity index (χ0v) is 22.5. The van der Waals surface area contributed by atoms with Gasteiger partial charge in [-0.25, -0.2) is 4.98 Å². The van der Waals surface area contributed by atoms with Gasteiger partial charge in [0.05, 0.1) is 25.3 Å². The summed E-state index contributed by atoms with van der Waals surface area (Å²) in [5.74, 6) is 0.785. The number of pyridine rings is 1. The second kappa shape index (κ2) is 11.2. The Labute approximate surface area is 226 Å². The van der Waals surface area contributed by atoms with Crippen LogP contribution in [-0.4, -0.2) is 53.2 Å². The number of ether oxygens (including phenoxy) is 2. The number of aromatic hydroxyl groups is 1. The third-order valence-electron chi connectivity index (χ3n) is 7.38. The molecule has 0 unspecified atom stereocenters. The number of H-pyrrole nitrogens is 1. The van der Waals surface area contributed by atoms with Crippen LogP contribution in [0, 0.1) is 0 Å². The lowest BCUT2D eigenvalue weighted by Gasteiger charge is -2.31. The van der Waals surface area contributed by atoms with Crippen molar-refractivity contribution in [3.05, 3.63) is 70.0 Å². The third-order valence-corrected chi connectivity index (χ3v) is 7.38. The summed E-state index contributed by atoms with van der Waals surface area (Å²) in [6.45, 7) is 2.86. The molecule has 39 heavy (non-hydrogen) atoms. The molecular formula is C30H33N3O6. The fourth-order valence-electron chi connectivity index (χ4n) is 5.30. The number of aryl methyl sites for hydroxylation is 1. The van der Waals surface area contributed by atoms with Crippen LogP contribution in [0.1, 0.15) is 60.5 Å². The molecule has 2 N–H and O–H groups in total. The number of carbonyl (C=O) groups is 1. The molecule has 0 atom stereocenters. The number of hydrogen-bond donors (Lipinski definition) is 2. The van der Waals surface area contributed by atoms with Gasteiger partial charge in [-0.1, -0.05) is 31.5 Å². The maximum absolute atomic E-state index is 13.7. The number of fused-ring (bicyclic) bond motifs is 1. The second-order valence-electron chi connectivity index (χ2n) is 9.76. The molecule has 4 aromatic rings. The fourth-order valence-corrected chi connectivity index (χ4v) is 5.30. The minimum Gasteiger partial charge on any atom is -0.506 e. The van der Waals surface area contributed by atoms with Gasteiger partial charge in [-0.05, 0) is 49.9 Å². The Bertz CT molecular complexity index is 1490. The van der Waals surface area contributed by atoms with E-state index in [-0.39, 0.29) is 17.2 Å². The smallest absolute Gasteiger partial charge is 0.264 e. The number of nitrogens with one attached hydrogen (secondary N) is 1. The molecular weight excluding hydrogens is 498 g/mol. The highest BCUT2D eigenvalue weighted by Crippen LogP contribution is 2.45. The summed E-state index contributed by atoms with van der Waals surface area (Å²) < 4.78 is 17.1. The van der Waals surface area contributed by atoms with E-state index in [0.717, 1.165) is 23.9 Å². The van der Waals surface area contributed by atoms with E-state index >= 15 is 0 Å². The van der Waals surface area contributed by atoms with Gasteiger partial charge in [0, 0.05) is 24.7 Å². The zero-order valence-electron chi connectivity index (χ0n) is 22.5. The fraction of sp³-hybridized carbons (Fsp3) is 0.367. The van der Waals surface area contributed by atoms with Crippen molar-refractivity contribution in [1.82, 2.24) is 14.9 Å². The van der Waals surface area contributed by atoms with Crippen molar-refractivity contribution in [2.75, 3.05) is 27.3 Å². The summed E-state index contributed by atoms with van der Waals surface area (Å²) >= 11 is 0. The van der Waals surface area contributed by atoms with Crippen LogP contribution in [0.2, 0.25) is 0 Å². The molecule has 1 aliphatic heterocycles. The van der Waals surface area contributed by atoms with Crippen molar-refractivity contribution in [3.8, 4) is 28.4 Å². The van der Waals surface area contributed by atoms with Gasteiger partial charge in [0.25, 0.3) is 11.5 Å². The van der Waals surface area contributed by atoms with Gasteiger partial charge in [-0.2, -0.15) is 0 Å². The van der Waals surface area contributed by atoms with E-state index in [1.165, 1.54) is 14.2 Å². The van der Waals surface area contributed by atoms with Crippen LogP contribution in [0.25, 0.3) is 22.2 Å². The summed E-state index contributed by atoms with van der Waals surface area (Å²) in [7, 11) is 3.06. The molecule has 0 spiro atoms. The molecule has 2 aromatic carbocycles. The van der Waals surface area contributed by atoms with Gasteiger partial charge in [0.1, 0.15) is 28.3 Å². The number of para-hydroxylation sites is 2. The van der Waals surface area contributed by atoms with Crippen molar-refractivity contribution in [2.24, 2.45) is 0 Å². The maximum atomic E-state index is 13.7. The molecule has 1 amide bonds. The Balaban J connectivity index is 1.48. The summed E-state index contributed by atoms with van der Waals surface area (Å²) in [4.78, 5) is 36.0. The highest BCUT2D eigenvalue weighted by Gasteiger charge is 2.32. The first-order valence-corrected chi connectivity index (χ1v) is 13.3. The number of benzene rings is 2. The van der Waals surface area contributed by atoms with Crippen LogP contribution >= 0.6 is 0 Å². The number of aromatic nitrogens is 2. The minimum atomic E-state index is -0.609. The molecule has 0 radical (unpaired) electrons. The van der Waals surface area contributed by atoms with E-state index in [2.05, 4.69) is 9.97 Å². The monoisotopic (exact) mass is 531 g/mol. The van der Waals surface area contributed by atoms with Crippen LogP contribution < -0.4 is 15.0 Å². The molecule has 5 rings (SSSR count). The first-order valence-electron chi connectivity index (χ1n) is 13.3. The summed E-state index contributed by atoms with van der Waals surface area (Å²) in [5.41, 5.74) is 2.04. The van der Waals surface area contributed by atoms with E-state index < -0.39 is 11.5 Å². The molecule has 1 aliphatic rings. The Kier molecular flexibility index (Phi) is 7.58. The van der Waals surface area contributed by atoms with Crippen LogP contribution in [0.4, 0.5) is 0 Å².